The number of aryl methyl sites for hydroxylation is 1. The van der Waals surface area contributed by atoms with E-state index in [-0.39, 0.29) is 5.82 Å². The molecule has 0 amide bonds. The van der Waals surface area contributed by atoms with Crippen molar-refractivity contribution in [3.63, 3.8) is 0 Å². The fourth-order valence-corrected chi connectivity index (χ4v) is 1.56. The van der Waals surface area contributed by atoms with Crippen LogP contribution in [0.1, 0.15) is 5.69 Å². The van der Waals surface area contributed by atoms with Crippen molar-refractivity contribution in [3.05, 3.63) is 41.8 Å². The minimum atomic E-state index is -0.359. The van der Waals surface area contributed by atoms with Crippen molar-refractivity contribution in [1.29, 1.82) is 0 Å². The molecule has 1 aromatic carbocycles. The normalized spacial score (nSPS) is 10.2. The van der Waals surface area contributed by atoms with E-state index in [1.54, 1.807) is 12.1 Å². The third-order valence-corrected chi connectivity index (χ3v) is 2.48. The summed E-state index contributed by atoms with van der Waals surface area (Å²) in [6.45, 7) is 1.87. The second-order valence-corrected chi connectivity index (χ2v) is 3.86. The van der Waals surface area contributed by atoms with Gasteiger partial charge >= 0.3 is 0 Å². The first-order valence-corrected chi connectivity index (χ1v) is 5.44. The van der Waals surface area contributed by atoms with E-state index in [0.29, 0.717) is 22.9 Å². The standard InChI is InChI=1S/C13H14FN3O/c1-8-3-5-10(15)13(16-8)17-11-6-4-9(14)7-12(11)18-2/h3-7H,15H2,1-2H3,(H,16,17). The van der Waals surface area contributed by atoms with Crippen molar-refractivity contribution in [3.8, 4) is 5.75 Å². The minimum Gasteiger partial charge on any atom is -0.494 e. The zero-order valence-corrected chi connectivity index (χ0v) is 10.2. The molecule has 5 heteroatoms. The zero-order valence-electron chi connectivity index (χ0n) is 10.2. The molecule has 0 aliphatic rings. The maximum absolute atomic E-state index is 13.1. The minimum absolute atomic E-state index is 0.359. The van der Waals surface area contributed by atoms with Crippen LogP contribution >= 0.6 is 0 Å². The number of rotatable bonds is 3. The van der Waals surface area contributed by atoms with Gasteiger partial charge in [0.1, 0.15) is 11.6 Å². The van der Waals surface area contributed by atoms with Gasteiger partial charge in [0.25, 0.3) is 0 Å². The van der Waals surface area contributed by atoms with Crippen LogP contribution < -0.4 is 15.8 Å². The van der Waals surface area contributed by atoms with Crippen LogP contribution in [-0.2, 0) is 0 Å². The summed E-state index contributed by atoms with van der Waals surface area (Å²) < 4.78 is 18.2. The summed E-state index contributed by atoms with van der Waals surface area (Å²) in [5.74, 6) is 0.570. The van der Waals surface area contributed by atoms with E-state index in [1.807, 2.05) is 13.0 Å². The van der Waals surface area contributed by atoms with Crippen LogP contribution in [0.2, 0.25) is 0 Å². The van der Waals surface area contributed by atoms with E-state index < -0.39 is 0 Å². The maximum atomic E-state index is 13.1. The van der Waals surface area contributed by atoms with Gasteiger partial charge in [0.2, 0.25) is 0 Å². The molecule has 4 nitrogen and oxygen atoms in total. The number of aromatic nitrogens is 1. The summed E-state index contributed by atoms with van der Waals surface area (Å²) in [7, 11) is 1.48. The van der Waals surface area contributed by atoms with Crippen LogP contribution in [0.25, 0.3) is 0 Å². The van der Waals surface area contributed by atoms with Gasteiger partial charge in [-0.25, -0.2) is 9.37 Å². The molecule has 0 saturated carbocycles. The molecule has 0 radical (unpaired) electrons. The summed E-state index contributed by atoms with van der Waals surface area (Å²) >= 11 is 0. The highest BCUT2D eigenvalue weighted by Gasteiger charge is 2.07. The molecule has 0 saturated heterocycles. The number of ether oxygens (including phenoxy) is 1. The van der Waals surface area contributed by atoms with Gasteiger partial charge in [-0.3, -0.25) is 0 Å². The molecule has 1 aromatic heterocycles. The molecule has 2 aromatic rings. The first-order chi connectivity index (χ1) is 8.60. The molecule has 94 valence electrons. The Morgan fingerprint density at radius 3 is 2.78 bits per heavy atom. The largest absolute Gasteiger partial charge is 0.494 e. The van der Waals surface area contributed by atoms with Gasteiger partial charge < -0.3 is 15.8 Å². The highest BCUT2D eigenvalue weighted by molar-refractivity contribution is 5.72. The van der Waals surface area contributed by atoms with E-state index >= 15 is 0 Å². The molecular formula is C13H14FN3O. The molecule has 0 fully saturated rings. The van der Waals surface area contributed by atoms with Gasteiger partial charge in [0.05, 0.1) is 18.5 Å². The molecule has 3 N–H and O–H groups in total. The van der Waals surface area contributed by atoms with Crippen LogP contribution in [0.4, 0.5) is 21.6 Å². The Morgan fingerprint density at radius 1 is 1.28 bits per heavy atom. The van der Waals surface area contributed by atoms with Gasteiger partial charge in [0, 0.05) is 11.8 Å². The number of pyridine rings is 1. The number of methoxy groups -OCH3 is 1. The summed E-state index contributed by atoms with van der Waals surface area (Å²) in [4.78, 5) is 4.28. The Morgan fingerprint density at radius 2 is 2.06 bits per heavy atom. The highest BCUT2D eigenvalue weighted by Crippen LogP contribution is 2.29. The Balaban J connectivity index is 2.36. The Labute approximate surface area is 105 Å². The highest BCUT2D eigenvalue weighted by atomic mass is 19.1. The fourth-order valence-electron chi connectivity index (χ4n) is 1.56. The lowest BCUT2D eigenvalue weighted by molar-refractivity contribution is 0.413. The Kier molecular flexibility index (Phi) is 3.32. The maximum Gasteiger partial charge on any atom is 0.153 e. The smallest absolute Gasteiger partial charge is 0.153 e. The van der Waals surface area contributed by atoms with E-state index in [9.17, 15) is 4.39 Å². The molecule has 1 heterocycles. The van der Waals surface area contributed by atoms with Crippen molar-refractivity contribution in [2.24, 2.45) is 0 Å². The molecular weight excluding hydrogens is 233 g/mol. The SMILES string of the molecule is COc1cc(F)ccc1Nc1nc(C)ccc1N. The number of hydrogen-bond acceptors (Lipinski definition) is 4. The van der Waals surface area contributed by atoms with Crippen molar-refractivity contribution in [2.75, 3.05) is 18.2 Å². The molecule has 0 bridgehead atoms. The molecule has 0 atom stereocenters. The Bertz CT molecular complexity index is 572. The Hall–Kier alpha value is -2.30. The van der Waals surface area contributed by atoms with Crippen molar-refractivity contribution >= 4 is 17.2 Å². The predicted octanol–water partition coefficient (Wildman–Crippen LogP) is 2.86. The lowest BCUT2D eigenvalue weighted by Gasteiger charge is -2.12. The summed E-state index contributed by atoms with van der Waals surface area (Å²) in [5, 5.41) is 3.03. The van der Waals surface area contributed by atoms with Crippen LogP contribution in [0.5, 0.6) is 5.75 Å². The fraction of sp³-hybridized carbons (Fsp3) is 0.154. The second kappa shape index (κ2) is 4.91. The second-order valence-electron chi connectivity index (χ2n) is 3.86. The number of nitrogen functional groups attached to an aromatic ring is 1. The number of anilines is 3. The van der Waals surface area contributed by atoms with Gasteiger partial charge in [-0.05, 0) is 31.2 Å². The molecule has 0 aliphatic heterocycles. The van der Waals surface area contributed by atoms with Crippen molar-refractivity contribution in [2.45, 2.75) is 6.92 Å². The average molecular weight is 247 g/mol. The average Bonchev–Trinajstić information content (AvgIpc) is 2.36. The molecule has 2 rings (SSSR count). The number of nitrogens with two attached hydrogens (primary N) is 1. The summed E-state index contributed by atoms with van der Waals surface area (Å²) in [6.07, 6.45) is 0. The first kappa shape index (κ1) is 12.2. The van der Waals surface area contributed by atoms with Crippen molar-refractivity contribution in [1.82, 2.24) is 4.98 Å². The van der Waals surface area contributed by atoms with Crippen LogP contribution in [0.3, 0.4) is 0 Å². The number of hydrogen-bond donors (Lipinski definition) is 2. The molecule has 18 heavy (non-hydrogen) atoms. The van der Waals surface area contributed by atoms with E-state index in [2.05, 4.69) is 10.3 Å². The summed E-state index contributed by atoms with van der Waals surface area (Å²) in [5.41, 5.74) is 7.79. The quantitative estimate of drug-likeness (QED) is 0.875. The number of nitrogens with zero attached hydrogens (tertiary/aromatic N) is 1. The van der Waals surface area contributed by atoms with E-state index in [4.69, 9.17) is 10.5 Å². The summed E-state index contributed by atoms with van der Waals surface area (Å²) in [6, 6.07) is 7.81. The first-order valence-electron chi connectivity index (χ1n) is 5.44. The van der Waals surface area contributed by atoms with Gasteiger partial charge in [-0.1, -0.05) is 0 Å². The van der Waals surface area contributed by atoms with E-state index in [1.165, 1.54) is 19.2 Å². The molecule has 0 unspecified atom stereocenters. The van der Waals surface area contributed by atoms with Crippen LogP contribution in [0.15, 0.2) is 30.3 Å². The monoisotopic (exact) mass is 247 g/mol. The van der Waals surface area contributed by atoms with Crippen LogP contribution in [0, 0.1) is 12.7 Å². The molecule has 0 aliphatic carbocycles. The van der Waals surface area contributed by atoms with Crippen molar-refractivity contribution < 1.29 is 9.13 Å². The number of benzene rings is 1. The van der Waals surface area contributed by atoms with Gasteiger partial charge in [-0.2, -0.15) is 0 Å². The lowest BCUT2D eigenvalue weighted by atomic mass is 10.2. The zero-order chi connectivity index (χ0) is 13.1. The van der Waals surface area contributed by atoms with Crippen LogP contribution in [-0.4, -0.2) is 12.1 Å². The third kappa shape index (κ3) is 2.51. The third-order valence-electron chi connectivity index (χ3n) is 2.48. The predicted molar refractivity (Wildman–Crippen MR) is 69.6 cm³/mol. The number of nitrogens with one attached hydrogen (secondary N) is 1. The number of halogens is 1. The lowest BCUT2D eigenvalue weighted by Crippen LogP contribution is -2.01. The van der Waals surface area contributed by atoms with E-state index in [0.717, 1.165) is 5.69 Å². The topological polar surface area (TPSA) is 60.2 Å². The van der Waals surface area contributed by atoms with Gasteiger partial charge in [0.15, 0.2) is 5.82 Å². The molecule has 0 spiro atoms. The van der Waals surface area contributed by atoms with Gasteiger partial charge in [-0.15, -0.1) is 0 Å².